The molecule has 0 aromatic rings. The maximum Gasteiger partial charge on any atom is 0.507 e. The third kappa shape index (κ3) is 15.3. The van der Waals surface area contributed by atoms with Gasteiger partial charge in [0.05, 0.1) is 27.4 Å². The van der Waals surface area contributed by atoms with Gasteiger partial charge in [-0.05, 0) is 13.3 Å². The SMILES string of the molecule is CCCOC(=O)OC.CCOC(=O)OC. The van der Waals surface area contributed by atoms with Gasteiger partial charge in [0.25, 0.3) is 0 Å². The maximum absolute atomic E-state index is 10.1. The van der Waals surface area contributed by atoms with Crippen LogP contribution in [0.3, 0.4) is 0 Å². The molecule has 15 heavy (non-hydrogen) atoms. The maximum atomic E-state index is 10.1. The molecular weight excluding hydrogens is 204 g/mol. The molecule has 0 amide bonds. The van der Waals surface area contributed by atoms with Crippen LogP contribution >= 0.6 is 0 Å². The van der Waals surface area contributed by atoms with Gasteiger partial charge >= 0.3 is 12.3 Å². The fraction of sp³-hybridized carbons (Fsp3) is 0.778. The van der Waals surface area contributed by atoms with E-state index in [1.807, 2.05) is 6.92 Å². The number of ether oxygens (including phenoxy) is 4. The number of methoxy groups -OCH3 is 2. The highest BCUT2D eigenvalue weighted by molar-refractivity contribution is 5.59. The molecule has 0 heterocycles. The summed E-state index contributed by atoms with van der Waals surface area (Å²) >= 11 is 0. The van der Waals surface area contributed by atoms with Gasteiger partial charge < -0.3 is 18.9 Å². The van der Waals surface area contributed by atoms with Crippen LogP contribution in [0.1, 0.15) is 20.3 Å². The molecule has 0 aromatic carbocycles. The van der Waals surface area contributed by atoms with Crippen molar-refractivity contribution in [3.05, 3.63) is 0 Å². The first-order valence-electron chi connectivity index (χ1n) is 4.53. The Balaban J connectivity index is 0. The molecular formula is C9H18O6. The highest BCUT2D eigenvalue weighted by Gasteiger charge is 1.95. The van der Waals surface area contributed by atoms with Gasteiger partial charge in [-0.1, -0.05) is 6.92 Å². The molecule has 0 rings (SSSR count). The molecule has 0 aliphatic heterocycles. The van der Waals surface area contributed by atoms with E-state index in [0.717, 1.165) is 6.42 Å². The minimum atomic E-state index is -0.623. The minimum absolute atomic E-state index is 0.368. The summed E-state index contributed by atoms with van der Waals surface area (Å²) in [6, 6.07) is 0. The fourth-order valence-electron chi connectivity index (χ4n) is 0.421. The Kier molecular flexibility index (Phi) is 13.4. The van der Waals surface area contributed by atoms with E-state index in [1.165, 1.54) is 14.2 Å². The van der Waals surface area contributed by atoms with Gasteiger partial charge in [0, 0.05) is 0 Å². The van der Waals surface area contributed by atoms with E-state index in [1.54, 1.807) is 6.92 Å². The first-order chi connectivity index (χ1) is 7.12. The number of hydrogen-bond acceptors (Lipinski definition) is 6. The van der Waals surface area contributed by atoms with Crippen LogP contribution in [-0.2, 0) is 18.9 Å². The molecule has 0 aromatic heterocycles. The lowest BCUT2D eigenvalue weighted by atomic mass is 10.5. The van der Waals surface area contributed by atoms with E-state index in [2.05, 4.69) is 18.9 Å². The van der Waals surface area contributed by atoms with Gasteiger partial charge in [0.15, 0.2) is 0 Å². The fourth-order valence-corrected chi connectivity index (χ4v) is 0.421. The summed E-state index contributed by atoms with van der Waals surface area (Å²) in [6.45, 7) is 4.44. The summed E-state index contributed by atoms with van der Waals surface area (Å²) in [5, 5.41) is 0. The lowest BCUT2D eigenvalue weighted by Crippen LogP contribution is -2.03. The molecule has 0 spiro atoms. The van der Waals surface area contributed by atoms with Crippen molar-refractivity contribution in [1.82, 2.24) is 0 Å². The standard InChI is InChI=1S/C5H10O3.C4H8O3/c1-3-4-8-5(6)7-2;1-3-7-4(5)6-2/h3-4H2,1-2H3;3H2,1-2H3. The van der Waals surface area contributed by atoms with Crippen LogP contribution in [0.4, 0.5) is 9.59 Å². The van der Waals surface area contributed by atoms with Crippen LogP contribution in [0.5, 0.6) is 0 Å². The predicted molar refractivity (Wildman–Crippen MR) is 52.7 cm³/mol. The van der Waals surface area contributed by atoms with Crippen molar-refractivity contribution in [1.29, 1.82) is 0 Å². The number of hydrogen-bond donors (Lipinski definition) is 0. The molecule has 0 fully saturated rings. The third-order valence-corrected chi connectivity index (χ3v) is 1.02. The van der Waals surface area contributed by atoms with Crippen LogP contribution < -0.4 is 0 Å². The zero-order valence-electron chi connectivity index (χ0n) is 9.57. The summed E-state index contributed by atoms with van der Waals surface area (Å²) in [6.07, 6.45) is -0.399. The summed E-state index contributed by atoms with van der Waals surface area (Å²) < 4.78 is 17.1. The van der Waals surface area contributed by atoms with Crippen molar-refractivity contribution in [2.75, 3.05) is 27.4 Å². The first-order valence-corrected chi connectivity index (χ1v) is 4.53. The van der Waals surface area contributed by atoms with Crippen LogP contribution in [0.25, 0.3) is 0 Å². The van der Waals surface area contributed by atoms with E-state index >= 15 is 0 Å². The van der Waals surface area contributed by atoms with E-state index < -0.39 is 12.3 Å². The van der Waals surface area contributed by atoms with Gasteiger partial charge in [-0.3, -0.25) is 0 Å². The Morgan fingerprint density at radius 1 is 0.933 bits per heavy atom. The monoisotopic (exact) mass is 222 g/mol. The number of carbonyl (C=O) groups is 2. The highest BCUT2D eigenvalue weighted by Crippen LogP contribution is 1.83. The second kappa shape index (κ2) is 12.5. The second-order valence-corrected chi connectivity index (χ2v) is 2.19. The van der Waals surface area contributed by atoms with E-state index in [4.69, 9.17) is 0 Å². The van der Waals surface area contributed by atoms with Crippen molar-refractivity contribution in [2.24, 2.45) is 0 Å². The topological polar surface area (TPSA) is 71.1 Å². The molecule has 0 saturated carbocycles. The molecule has 0 radical (unpaired) electrons. The molecule has 6 heteroatoms. The Hall–Kier alpha value is -1.46. The molecule has 90 valence electrons. The molecule has 0 N–H and O–H groups in total. The number of rotatable bonds is 3. The molecule has 0 bridgehead atoms. The van der Waals surface area contributed by atoms with Gasteiger partial charge in [-0.15, -0.1) is 0 Å². The Morgan fingerprint density at radius 2 is 1.40 bits per heavy atom. The van der Waals surface area contributed by atoms with Gasteiger partial charge in [0.2, 0.25) is 0 Å². The number of carbonyl (C=O) groups excluding carboxylic acids is 2. The van der Waals surface area contributed by atoms with Crippen LogP contribution in [0, 0.1) is 0 Å². The van der Waals surface area contributed by atoms with Gasteiger partial charge in [-0.2, -0.15) is 0 Å². The molecule has 0 aliphatic carbocycles. The molecule has 6 nitrogen and oxygen atoms in total. The van der Waals surface area contributed by atoms with Crippen molar-refractivity contribution >= 4 is 12.3 Å². The third-order valence-electron chi connectivity index (χ3n) is 1.02. The van der Waals surface area contributed by atoms with E-state index in [-0.39, 0.29) is 0 Å². The van der Waals surface area contributed by atoms with Crippen molar-refractivity contribution < 1.29 is 28.5 Å². The molecule has 0 unspecified atom stereocenters. The van der Waals surface area contributed by atoms with E-state index in [9.17, 15) is 9.59 Å². The Morgan fingerprint density at radius 3 is 1.67 bits per heavy atom. The van der Waals surface area contributed by atoms with Crippen molar-refractivity contribution in [3.63, 3.8) is 0 Å². The smallest absolute Gasteiger partial charge is 0.438 e. The van der Waals surface area contributed by atoms with Crippen molar-refractivity contribution in [2.45, 2.75) is 20.3 Å². The van der Waals surface area contributed by atoms with Crippen molar-refractivity contribution in [3.8, 4) is 0 Å². The second-order valence-electron chi connectivity index (χ2n) is 2.19. The highest BCUT2D eigenvalue weighted by atomic mass is 16.7. The quantitative estimate of drug-likeness (QED) is 0.680. The van der Waals surface area contributed by atoms with E-state index in [0.29, 0.717) is 13.2 Å². The van der Waals surface area contributed by atoms with Gasteiger partial charge in [-0.25, -0.2) is 9.59 Å². The summed E-state index contributed by atoms with van der Waals surface area (Å²) in [4.78, 5) is 20.1. The van der Waals surface area contributed by atoms with Crippen LogP contribution in [0.15, 0.2) is 0 Å². The zero-order chi connectivity index (χ0) is 12.1. The summed E-state index contributed by atoms with van der Waals surface area (Å²) in [7, 11) is 2.57. The molecule has 0 aliphatic rings. The Labute approximate surface area is 89.4 Å². The van der Waals surface area contributed by atoms with Gasteiger partial charge in [0.1, 0.15) is 0 Å². The lowest BCUT2D eigenvalue weighted by Gasteiger charge is -1.97. The molecule has 0 atom stereocenters. The minimum Gasteiger partial charge on any atom is -0.438 e. The van der Waals surface area contributed by atoms with Crippen LogP contribution in [0.2, 0.25) is 0 Å². The average Bonchev–Trinajstić information content (AvgIpc) is 2.26. The normalized spacial score (nSPS) is 8.00. The zero-order valence-corrected chi connectivity index (χ0v) is 9.57. The largest absolute Gasteiger partial charge is 0.507 e. The molecule has 0 saturated heterocycles. The summed E-state index contributed by atoms with van der Waals surface area (Å²) in [5.74, 6) is 0. The predicted octanol–water partition coefficient (Wildman–Crippen LogP) is 1.97. The summed E-state index contributed by atoms with van der Waals surface area (Å²) in [5.41, 5.74) is 0. The first kappa shape index (κ1) is 16.0. The lowest BCUT2D eigenvalue weighted by molar-refractivity contribution is 0.0726. The Bertz CT molecular complexity index is 168. The average molecular weight is 222 g/mol. The van der Waals surface area contributed by atoms with Crippen LogP contribution in [-0.4, -0.2) is 39.7 Å².